The molecule has 0 aliphatic heterocycles. The summed E-state index contributed by atoms with van der Waals surface area (Å²) >= 11 is 5.95. The van der Waals surface area contributed by atoms with Crippen LogP contribution in [0, 0.1) is 0 Å². The summed E-state index contributed by atoms with van der Waals surface area (Å²) in [6, 6.07) is 17.3. The number of nitrogens with zero attached hydrogens (tertiary/aromatic N) is 1. The molecule has 0 aliphatic carbocycles. The van der Waals surface area contributed by atoms with Gasteiger partial charge in [0.2, 0.25) is 0 Å². The molecule has 0 spiro atoms. The molecule has 1 aromatic heterocycles. The number of para-hydroxylation sites is 1. The minimum absolute atomic E-state index is 0.139. The van der Waals surface area contributed by atoms with E-state index in [0.29, 0.717) is 30.4 Å². The Bertz CT molecular complexity index is 1110. The lowest BCUT2D eigenvalue weighted by atomic mass is 10.2. The van der Waals surface area contributed by atoms with Gasteiger partial charge < -0.3 is 24.3 Å². The van der Waals surface area contributed by atoms with E-state index in [1.807, 2.05) is 37.3 Å². The lowest BCUT2D eigenvalue weighted by Gasteiger charge is -2.16. The third-order valence-corrected chi connectivity index (χ3v) is 4.80. The number of amides is 1. The van der Waals surface area contributed by atoms with Crippen LogP contribution in [0.15, 0.2) is 66.9 Å². The second kappa shape index (κ2) is 12.5. The van der Waals surface area contributed by atoms with Crippen LogP contribution in [0.5, 0.6) is 17.2 Å². The van der Waals surface area contributed by atoms with E-state index < -0.39 is 18.0 Å². The lowest BCUT2D eigenvalue weighted by Crippen LogP contribution is -2.30. The fraction of sp³-hybridized carbons (Fsp3) is 0.240. The number of benzene rings is 2. The number of pyridine rings is 1. The average molecular weight is 485 g/mol. The van der Waals surface area contributed by atoms with Crippen LogP contribution in [0.1, 0.15) is 24.2 Å². The largest absolute Gasteiger partial charge is 0.490 e. The number of halogens is 1. The van der Waals surface area contributed by atoms with E-state index in [0.717, 1.165) is 5.75 Å². The molecule has 3 aromatic rings. The summed E-state index contributed by atoms with van der Waals surface area (Å²) in [7, 11) is 0. The molecule has 1 amide bonds. The Labute approximate surface area is 202 Å². The summed E-state index contributed by atoms with van der Waals surface area (Å²) in [5.74, 6) is 0.382. The van der Waals surface area contributed by atoms with Gasteiger partial charge in [0.05, 0.1) is 17.9 Å². The van der Waals surface area contributed by atoms with Crippen LogP contribution >= 0.6 is 11.6 Å². The molecule has 0 radical (unpaired) electrons. The van der Waals surface area contributed by atoms with Gasteiger partial charge in [0.25, 0.3) is 5.91 Å². The van der Waals surface area contributed by atoms with Gasteiger partial charge in [0.1, 0.15) is 19.0 Å². The number of nitrogens with one attached hydrogen (secondary N) is 1. The summed E-state index contributed by atoms with van der Waals surface area (Å²) in [5.41, 5.74) is 0.545. The number of aromatic nitrogens is 1. The van der Waals surface area contributed by atoms with Crippen LogP contribution in [0.3, 0.4) is 0 Å². The monoisotopic (exact) mass is 484 g/mol. The van der Waals surface area contributed by atoms with E-state index in [1.165, 1.54) is 19.2 Å². The van der Waals surface area contributed by atoms with Crippen molar-refractivity contribution in [2.24, 2.45) is 0 Å². The first kappa shape index (κ1) is 24.9. The standard InChI is InChI=1S/C25H25ClN2O6/c1-3-31-22-16-18(11-12-21(22)33-15-14-32-19-8-5-4-6-9-19)25(30)34-17(2)24(29)28-20-10-7-13-27-23(20)26/h4-13,16-17H,3,14-15H2,1-2H3,(H,28,29). The molecule has 34 heavy (non-hydrogen) atoms. The van der Waals surface area contributed by atoms with Gasteiger partial charge in [0.15, 0.2) is 22.8 Å². The number of ether oxygens (including phenoxy) is 4. The Hall–Kier alpha value is -3.78. The highest BCUT2D eigenvalue weighted by atomic mass is 35.5. The quantitative estimate of drug-likeness (QED) is 0.238. The normalized spacial score (nSPS) is 11.3. The van der Waals surface area contributed by atoms with Crippen molar-refractivity contribution in [3.8, 4) is 17.2 Å². The van der Waals surface area contributed by atoms with Crippen LogP contribution < -0.4 is 19.5 Å². The second-order valence-corrected chi connectivity index (χ2v) is 7.34. The van der Waals surface area contributed by atoms with E-state index in [1.54, 1.807) is 24.3 Å². The van der Waals surface area contributed by atoms with Gasteiger partial charge in [-0.2, -0.15) is 0 Å². The van der Waals surface area contributed by atoms with E-state index in [9.17, 15) is 9.59 Å². The first-order valence-electron chi connectivity index (χ1n) is 10.7. The van der Waals surface area contributed by atoms with Gasteiger partial charge in [-0.15, -0.1) is 0 Å². The number of carbonyl (C=O) groups excluding carboxylic acids is 2. The second-order valence-electron chi connectivity index (χ2n) is 6.98. The van der Waals surface area contributed by atoms with Crippen molar-refractivity contribution in [2.45, 2.75) is 20.0 Å². The first-order chi connectivity index (χ1) is 16.5. The zero-order chi connectivity index (χ0) is 24.3. The van der Waals surface area contributed by atoms with Crippen LogP contribution in [0.4, 0.5) is 5.69 Å². The number of carbonyl (C=O) groups is 2. The Morgan fingerprint density at radius 1 is 0.971 bits per heavy atom. The Balaban J connectivity index is 1.57. The summed E-state index contributed by atoms with van der Waals surface area (Å²) in [4.78, 5) is 28.9. The summed E-state index contributed by atoms with van der Waals surface area (Å²) in [6.45, 7) is 4.29. The fourth-order valence-electron chi connectivity index (χ4n) is 2.85. The van der Waals surface area contributed by atoms with E-state index in [2.05, 4.69) is 10.3 Å². The third kappa shape index (κ3) is 7.11. The van der Waals surface area contributed by atoms with Gasteiger partial charge in [0, 0.05) is 6.20 Å². The first-order valence-corrected chi connectivity index (χ1v) is 11.1. The van der Waals surface area contributed by atoms with Crippen LogP contribution in [-0.4, -0.2) is 42.8 Å². The zero-order valence-corrected chi connectivity index (χ0v) is 19.6. The van der Waals surface area contributed by atoms with Gasteiger partial charge >= 0.3 is 5.97 Å². The van der Waals surface area contributed by atoms with Crippen molar-refractivity contribution in [2.75, 3.05) is 25.1 Å². The number of hydrogen-bond acceptors (Lipinski definition) is 7. The molecule has 9 heteroatoms. The minimum Gasteiger partial charge on any atom is -0.490 e. The highest BCUT2D eigenvalue weighted by molar-refractivity contribution is 6.32. The maximum Gasteiger partial charge on any atom is 0.339 e. The van der Waals surface area contributed by atoms with Crippen molar-refractivity contribution in [1.82, 2.24) is 4.98 Å². The maximum absolute atomic E-state index is 12.6. The molecule has 0 aliphatic rings. The van der Waals surface area contributed by atoms with Crippen molar-refractivity contribution < 1.29 is 28.5 Å². The Morgan fingerprint density at radius 3 is 2.47 bits per heavy atom. The van der Waals surface area contributed by atoms with Crippen molar-refractivity contribution in [1.29, 1.82) is 0 Å². The number of esters is 1. The maximum atomic E-state index is 12.6. The van der Waals surface area contributed by atoms with Gasteiger partial charge in [-0.1, -0.05) is 29.8 Å². The molecule has 1 heterocycles. The molecule has 0 fully saturated rings. The predicted molar refractivity (Wildman–Crippen MR) is 128 cm³/mol. The minimum atomic E-state index is -1.06. The van der Waals surface area contributed by atoms with E-state index >= 15 is 0 Å². The van der Waals surface area contributed by atoms with Gasteiger partial charge in [-0.25, -0.2) is 9.78 Å². The van der Waals surface area contributed by atoms with Crippen LogP contribution in [0.25, 0.3) is 0 Å². The van der Waals surface area contributed by atoms with Crippen molar-refractivity contribution in [3.05, 3.63) is 77.6 Å². The molecule has 178 valence electrons. The van der Waals surface area contributed by atoms with Crippen molar-refractivity contribution >= 4 is 29.2 Å². The van der Waals surface area contributed by atoms with Crippen LogP contribution in [-0.2, 0) is 9.53 Å². The topological polar surface area (TPSA) is 96.0 Å². The molecule has 1 unspecified atom stereocenters. The molecule has 8 nitrogen and oxygen atoms in total. The lowest BCUT2D eigenvalue weighted by molar-refractivity contribution is -0.123. The summed E-state index contributed by atoms with van der Waals surface area (Å²) in [5, 5.41) is 2.72. The molecular weight excluding hydrogens is 460 g/mol. The molecule has 0 saturated heterocycles. The third-order valence-electron chi connectivity index (χ3n) is 4.50. The Kier molecular flexibility index (Phi) is 9.11. The molecular formula is C25H25ClN2O6. The number of rotatable bonds is 11. The van der Waals surface area contributed by atoms with Gasteiger partial charge in [-0.05, 0) is 56.3 Å². The Morgan fingerprint density at radius 2 is 1.74 bits per heavy atom. The number of anilines is 1. The molecule has 0 bridgehead atoms. The summed E-state index contributed by atoms with van der Waals surface area (Å²) < 4.78 is 22.3. The highest BCUT2D eigenvalue weighted by Gasteiger charge is 2.21. The molecule has 1 N–H and O–H groups in total. The molecule has 0 saturated carbocycles. The molecule has 2 aromatic carbocycles. The smallest absolute Gasteiger partial charge is 0.339 e. The predicted octanol–water partition coefficient (Wildman–Crippen LogP) is 4.78. The number of hydrogen-bond donors (Lipinski definition) is 1. The van der Waals surface area contributed by atoms with Gasteiger partial charge in [-0.3, -0.25) is 4.79 Å². The van der Waals surface area contributed by atoms with Crippen molar-refractivity contribution in [3.63, 3.8) is 0 Å². The SMILES string of the molecule is CCOc1cc(C(=O)OC(C)C(=O)Nc2cccnc2Cl)ccc1OCCOc1ccccc1. The average Bonchev–Trinajstić information content (AvgIpc) is 2.84. The van der Waals surface area contributed by atoms with E-state index in [4.69, 9.17) is 30.5 Å². The zero-order valence-electron chi connectivity index (χ0n) is 18.8. The summed E-state index contributed by atoms with van der Waals surface area (Å²) in [6.07, 6.45) is 0.437. The molecule has 1 atom stereocenters. The van der Waals surface area contributed by atoms with Crippen LogP contribution in [0.2, 0.25) is 5.15 Å². The molecule has 3 rings (SSSR count). The fourth-order valence-corrected chi connectivity index (χ4v) is 3.01. The highest BCUT2D eigenvalue weighted by Crippen LogP contribution is 2.29. The van der Waals surface area contributed by atoms with E-state index in [-0.39, 0.29) is 17.3 Å².